The highest BCUT2D eigenvalue weighted by Gasteiger charge is 2.23. The minimum absolute atomic E-state index is 0.199. The van der Waals surface area contributed by atoms with Crippen molar-refractivity contribution in [3.8, 4) is 5.75 Å². The van der Waals surface area contributed by atoms with E-state index in [0.29, 0.717) is 12.2 Å². The molecule has 0 bridgehead atoms. The van der Waals surface area contributed by atoms with Crippen molar-refractivity contribution in [2.24, 2.45) is 0 Å². The van der Waals surface area contributed by atoms with Gasteiger partial charge in [-0.05, 0) is 30.5 Å². The third kappa shape index (κ3) is 1.46. The lowest BCUT2D eigenvalue weighted by Crippen LogP contribution is -2.12. The van der Waals surface area contributed by atoms with Crippen molar-refractivity contribution in [3.05, 3.63) is 27.7 Å². The van der Waals surface area contributed by atoms with Gasteiger partial charge in [0.05, 0.1) is 12.7 Å². The second kappa shape index (κ2) is 3.73. The highest BCUT2D eigenvalue weighted by Crippen LogP contribution is 2.34. The summed E-state index contributed by atoms with van der Waals surface area (Å²) in [4.78, 5) is 11.7. The third-order valence-corrected chi connectivity index (χ3v) is 3.29. The van der Waals surface area contributed by atoms with Crippen molar-refractivity contribution in [1.29, 1.82) is 0 Å². The van der Waals surface area contributed by atoms with E-state index in [0.717, 1.165) is 28.4 Å². The minimum Gasteiger partial charge on any atom is -0.496 e. The van der Waals surface area contributed by atoms with Crippen molar-refractivity contribution in [2.45, 2.75) is 19.3 Å². The van der Waals surface area contributed by atoms with Gasteiger partial charge in [0.15, 0.2) is 5.78 Å². The lowest BCUT2D eigenvalue weighted by Gasteiger charge is -2.18. The average molecular weight is 255 g/mol. The molecule has 0 amide bonds. The van der Waals surface area contributed by atoms with Crippen LogP contribution < -0.4 is 4.74 Å². The predicted molar refractivity (Wildman–Crippen MR) is 58.0 cm³/mol. The van der Waals surface area contributed by atoms with Gasteiger partial charge in [0.2, 0.25) is 0 Å². The summed E-state index contributed by atoms with van der Waals surface area (Å²) in [5.74, 6) is 0.900. The quantitative estimate of drug-likeness (QED) is 0.771. The second-order valence-electron chi connectivity index (χ2n) is 3.38. The Kier molecular flexibility index (Phi) is 2.59. The molecule has 2 nitrogen and oxygen atoms in total. The molecule has 0 radical (unpaired) electrons. The summed E-state index contributed by atoms with van der Waals surface area (Å²) in [6.07, 6.45) is 2.54. The van der Waals surface area contributed by atoms with E-state index in [4.69, 9.17) is 4.74 Å². The smallest absolute Gasteiger partial charge is 0.166 e. The molecule has 0 aliphatic heterocycles. The topological polar surface area (TPSA) is 26.3 Å². The number of ketones is 1. The molecule has 2 rings (SSSR count). The van der Waals surface area contributed by atoms with Crippen LogP contribution >= 0.6 is 15.9 Å². The van der Waals surface area contributed by atoms with Gasteiger partial charge in [-0.3, -0.25) is 4.79 Å². The summed E-state index contributed by atoms with van der Waals surface area (Å²) < 4.78 is 6.21. The van der Waals surface area contributed by atoms with Crippen LogP contribution in [-0.2, 0) is 6.42 Å². The summed E-state index contributed by atoms with van der Waals surface area (Å²) in [6.45, 7) is 0. The fraction of sp³-hybridized carbons (Fsp3) is 0.364. The number of rotatable bonds is 1. The molecule has 0 N–H and O–H groups in total. The van der Waals surface area contributed by atoms with Gasteiger partial charge >= 0.3 is 0 Å². The van der Waals surface area contributed by atoms with Crippen molar-refractivity contribution < 1.29 is 9.53 Å². The first kappa shape index (κ1) is 9.71. The Morgan fingerprint density at radius 1 is 1.36 bits per heavy atom. The largest absolute Gasteiger partial charge is 0.496 e. The standard InChI is InChI=1S/C11H11BrO2/c1-14-10-6-5-8(12)7-3-2-4-9(13)11(7)10/h5-6H,2-4H2,1H3. The van der Waals surface area contributed by atoms with Crippen molar-refractivity contribution >= 4 is 21.7 Å². The first-order chi connectivity index (χ1) is 6.74. The molecule has 0 saturated carbocycles. The molecule has 1 aliphatic carbocycles. The van der Waals surface area contributed by atoms with E-state index in [2.05, 4.69) is 15.9 Å². The average Bonchev–Trinajstić information content (AvgIpc) is 2.20. The number of hydrogen-bond acceptors (Lipinski definition) is 2. The van der Waals surface area contributed by atoms with Crippen molar-refractivity contribution in [2.75, 3.05) is 7.11 Å². The van der Waals surface area contributed by atoms with E-state index >= 15 is 0 Å². The Hall–Kier alpha value is -0.830. The van der Waals surface area contributed by atoms with Crippen LogP contribution in [0.4, 0.5) is 0 Å². The maximum absolute atomic E-state index is 11.7. The van der Waals surface area contributed by atoms with Gasteiger partial charge in [-0.2, -0.15) is 0 Å². The zero-order valence-corrected chi connectivity index (χ0v) is 9.56. The normalized spacial score (nSPS) is 15.1. The highest BCUT2D eigenvalue weighted by atomic mass is 79.9. The SMILES string of the molecule is COc1ccc(Br)c2c1C(=O)CCC2. The zero-order chi connectivity index (χ0) is 10.1. The molecular weight excluding hydrogens is 244 g/mol. The molecule has 1 aromatic rings. The van der Waals surface area contributed by atoms with Gasteiger partial charge in [-0.1, -0.05) is 15.9 Å². The molecule has 74 valence electrons. The van der Waals surface area contributed by atoms with Gasteiger partial charge in [-0.15, -0.1) is 0 Å². The number of hydrogen-bond donors (Lipinski definition) is 0. The van der Waals surface area contributed by atoms with Crippen LogP contribution in [0.15, 0.2) is 16.6 Å². The Labute approximate surface area is 91.4 Å². The van der Waals surface area contributed by atoms with Crippen molar-refractivity contribution in [1.82, 2.24) is 0 Å². The van der Waals surface area contributed by atoms with E-state index < -0.39 is 0 Å². The third-order valence-electron chi connectivity index (χ3n) is 2.55. The molecule has 14 heavy (non-hydrogen) atoms. The zero-order valence-electron chi connectivity index (χ0n) is 7.97. The van der Waals surface area contributed by atoms with Gasteiger partial charge in [0.1, 0.15) is 5.75 Å². The first-order valence-corrected chi connectivity index (χ1v) is 5.42. The van der Waals surface area contributed by atoms with Crippen LogP contribution in [0.25, 0.3) is 0 Å². The van der Waals surface area contributed by atoms with Crippen molar-refractivity contribution in [3.63, 3.8) is 0 Å². The Balaban J connectivity index is 2.64. The van der Waals surface area contributed by atoms with E-state index in [9.17, 15) is 4.79 Å². The fourth-order valence-electron chi connectivity index (χ4n) is 1.87. The van der Waals surface area contributed by atoms with E-state index in [1.165, 1.54) is 0 Å². The lowest BCUT2D eigenvalue weighted by molar-refractivity contribution is 0.0969. The summed E-state index contributed by atoms with van der Waals surface area (Å²) in [7, 11) is 1.60. The Morgan fingerprint density at radius 3 is 2.86 bits per heavy atom. The summed E-state index contributed by atoms with van der Waals surface area (Å²) in [5, 5.41) is 0. The molecule has 0 unspecified atom stereocenters. The van der Waals surface area contributed by atoms with Crippen LogP contribution in [0.1, 0.15) is 28.8 Å². The molecule has 0 spiro atoms. The van der Waals surface area contributed by atoms with Crippen LogP contribution in [-0.4, -0.2) is 12.9 Å². The Morgan fingerprint density at radius 2 is 2.14 bits per heavy atom. The Bertz CT molecular complexity index is 385. The van der Waals surface area contributed by atoms with Gasteiger partial charge in [0, 0.05) is 10.9 Å². The number of Topliss-reactive ketones (excluding diaryl/α,β-unsaturated/α-hetero) is 1. The molecule has 0 saturated heterocycles. The lowest BCUT2D eigenvalue weighted by atomic mass is 9.90. The molecular formula is C11H11BrO2. The monoisotopic (exact) mass is 254 g/mol. The van der Waals surface area contributed by atoms with Crippen LogP contribution in [0.3, 0.4) is 0 Å². The van der Waals surface area contributed by atoms with Gasteiger partial charge < -0.3 is 4.74 Å². The molecule has 0 atom stereocenters. The number of halogens is 1. The number of methoxy groups -OCH3 is 1. The van der Waals surface area contributed by atoms with E-state index in [-0.39, 0.29) is 5.78 Å². The molecule has 0 fully saturated rings. The first-order valence-electron chi connectivity index (χ1n) is 4.62. The molecule has 0 heterocycles. The predicted octanol–water partition coefficient (Wildman–Crippen LogP) is 2.98. The molecule has 0 aromatic heterocycles. The number of carbonyl (C=O) groups excluding carboxylic acids is 1. The number of benzene rings is 1. The van der Waals surface area contributed by atoms with Gasteiger partial charge in [-0.25, -0.2) is 0 Å². The number of fused-ring (bicyclic) bond motifs is 1. The van der Waals surface area contributed by atoms with Gasteiger partial charge in [0.25, 0.3) is 0 Å². The molecule has 1 aromatic carbocycles. The molecule has 3 heteroatoms. The second-order valence-corrected chi connectivity index (χ2v) is 4.23. The summed E-state index contributed by atoms with van der Waals surface area (Å²) in [6, 6.07) is 3.78. The van der Waals surface area contributed by atoms with Crippen LogP contribution in [0.5, 0.6) is 5.75 Å². The number of carbonyl (C=O) groups is 1. The highest BCUT2D eigenvalue weighted by molar-refractivity contribution is 9.10. The fourth-order valence-corrected chi connectivity index (χ4v) is 2.40. The number of ether oxygens (including phenoxy) is 1. The van der Waals surface area contributed by atoms with Crippen LogP contribution in [0, 0.1) is 0 Å². The molecule has 1 aliphatic rings. The van der Waals surface area contributed by atoms with Crippen LogP contribution in [0.2, 0.25) is 0 Å². The van der Waals surface area contributed by atoms with E-state index in [1.807, 2.05) is 12.1 Å². The maximum Gasteiger partial charge on any atom is 0.166 e. The summed E-state index contributed by atoms with van der Waals surface area (Å²) in [5.41, 5.74) is 1.87. The summed E-state index contributed by atoms with van der Waals surface area (Å²) >= 11 is 3.47. The van der Waals surface area contributed by atoms with E-state index in [1.54, 1.807) is 7.11 Å². The minimum atomic E-state index is 0.199. The maximum atomic E-state index is 11.7.